The predicted octanol–water partition coefficient (Wildman–Crippen LogP) is 5.77. The summed E-state index contributed by atoms with van der Waals surface area (Å²) in [5, 5.41) is 4.81. The average Bonchev–Trinajstić information content (AvgIpc) is 3.11. The number of pyridine rings is 1. The maximum Gasteiger partial charge on any atom is 0.153 e. The highest BCUT2D eigenvalue weighted by atomic mass is 19.1. The van der Waals surface area contributed by atoms with Crippen molar-refractivity contribution >= 4 is 16.7 Å². The van der Waals surface area contributed by atoms with Gasteiger partial charge in [0, 0.05) is 24.2 Å². The van der Waals surface area contributed by atoms with E-state index in [9.17, 15) is 4.39 Å². The number of anilines is 1. The number of benzene rings is 2. The number of hydrogen-bond acceptors (Lipinski definition) is 3. The van der Waals surface area contributed by atoms with Crippen molar-refractivity contribution < 1.29 is 4.39 Å². The molecule has 2 aromatic carbocycles. The van der Waals surface area contributed by atoms with Gasteiger partial charge < -0.3 is 15.2 Å². The Hall–Kier alpha value is -3.18. The second-order valence-corrected chi connectivity index (χ2v) is 9.05. The van der Waals surface area contributed by atoms with Crippen LogP contribution in [0.25, 0.3) is 10.9 Å². The van der Waals surface area contributed by atoms with E-state index in [-0.39, 0.29) is 11.9 Å². The summed E-state index contributed by atoms with van der Waals surface area (Å²) in [5.41, 5.74) is 8.31. The fourth-order valence-electron chi connectivity index (χ4n) is 4.96. The third-order valence-corrected chi connectivity index (χ3v) is 6.87. The molecule has 1 aliphatic heterocycles. The Morgan fingerprint density at radius 3 is 2.70 bits per heavy atom. The van der Waals surface area contributed by atoms with Crippen LogP contribution in [0.1, 0.15) is 46.6 Å². The predicted molar refractivity (Wildman–Crippen MR) is 133 cm³/mol. The minimum Gasteiger partial charge on any atom is -0.355 e. The van der Waals surface area contributed by atoms with E-state index in [2.05, 4.69) is 66.3 Å². The average molecular weight is 443 g/mol. The number of hydrogen-bond donors (Lipinski definition) is 2. The highest BCUT2D eigenvalue weighted by Crippen LogP contribution is 2.34. The van der Waals surface area contributed by atoms with Gasteiger partial charge in [0.2, 0.25) is 0 Å². The number of likely N-dealkylation sites (N-methyl/N-ethyl adjacent to an activating group) is 1. The Kier molecular flexibility index (Phi) is 5.90. The van der Waals surface area contributed by atoms with Crippen LogP contribution in [0.3, 0.4) is 0 Å². The summed E-state index contributed by atoms with van der Waals surface area (Å²) in [6.45, 7) is 9.01. The molecule has 0 bridgehead atoms. The molecule has 1 atom stereocenters. The zero-order valence-electron chi connectivity index (χ0n) is 19.6. The Morgan fingerprint density at radius 2 is 1.91 bits per heavy atom. The smallest absolute Gasteiger partial charge is 0.153 e. The number of rotatable bonds is 6. The van der Waals surface area contributed by atoms with Crippen LogP contribution in [0.15, 0.2) is 54.6 Å². The SMILES string of the molecule is CCNC(Cc1cccc(F)c1)c1cc2c(C)c(C)[nH]c2c(N2CCc3ccccc3C2)n1. The van der Waals surface area contributed by atoms with E-state index < -0.39 is 0 Å². The Bertz CT molecular complexity index is 1290. The van der Waals surface area contributed by atoms with Crippen molar-refractivity contribution in [3.63, 3.8) is 0 Å². The highest BCUT2D eigenvalue weighted by Gasteiger charge is 2.24. The van der Waals surface area contributed by atoms with Crippen LogP contribution in [0.2, 0.25) is 0 Å². The van der Waals surface area contributed by atoms with Gasteiger partial charge in [0.25, 0.3) is 0 Å². The third kappa shape index (κ3) is 4.25. The first-order valence-electron chi connectivity index (χ1n) is 11.8. The van der Waals surface area contributed by atoms with E-state index in [1.807, 2.05) is 6.07 Å². The molecule has 33 heavy (non-hydrogen) atoms. The molecule has 0 spiro atoms. The molecule has 0 saturated heterocycles. The van der Waals surface area contributed by atoms with Gasteiger partial charge in [-0.25, -0.2) is 9.37 Å². The lowest BCUT2D eigenvalue weighted by Crippen LogP contribution is -2.32. The molecule has 3 heterocycles. The molecule has 5 rings (SSSR count). The van der Waals surface area contributed by atoms with E-state index in [1.54, 1.807) is 12.1 Å². The van der Waals surface area contributed by atoms with Crippen molar-refractivity contribution in [3.8, 4) is 0 Å². The van der Waals surface area contributed by atoms with Gasteiger partial charge in [-0.2, -0.15) is 0 Å². The first-order chi connectivity index (χ1) is 16.0. The summed E-state index contributed by atoms with van der Waals surface area (Å²) in [4.78, 5) is 11.2. The van der Waals surface area contributed by atoms with Gasteiger partial charge in [0.1, 0.15) is 5.82 Å². The van der Waals surface area contributed by atoms with Crippen LogP contribution in [0.4, 0.5) is 10.2 Å². The van der Waals surface area contributed by atoms with Gasteiger partial charge in [-0.3, -0.25) is 0 Å². The lowest BCUT2D eigenvalue weighted by molar-refractivity contribution is 0.534. The molecular weight excluding hydrogens is 411 g/mol. The quantitative estimate of drug-likeness (QED) is 0.398. The van der Waals surface area contributed by atoms with Gasteiger partial charge in [-0.1, -0.05) is 43.3 Å². The van der Waals surface area contributed by atoms with E-state index in [0.717, 1.165) is 48.6 Å². The van der Waals surface area contributed by atoms with Crippen LogP contribution >= 0.6 is 0 Å². The standard InChI is InChI=1S/C28H31FN4/c1-4-30-25(15-20-8-7-11-23(29)14-20)26-16-24-18(2)19(3)31-27(24)28(32-26)33-13-12-21-9-5-6-10-22(21)17-33/h5-11,14,16,25,30-31H,4,12-13,15,17H2,1-3H3. The van der Waals surface area contributed by atoms with E-state index in [0.29, 0.717) is 6.42 Å². The van der Waals surface area contributed by atoms with Gasteiger partial charge in [0.15, 0.2) is 5.82 Å². The van der Waals surface area contributed by atoms with Crippen molar-refractivity contribution in [2.45, 2.75) is 46.2 Å². The maximum atomic E-state index is 13.9. The number of nitrogens with zero attached hydrogens (tertiary/aromatic N) is 2. The summed E-state index contributed by atoms with van der Waals surface area (Å²) in [6, 6.07) is 17.8. The number of H-pyrrole nitrogens is 1. The van der Waals surface area contributed by atoms with Crippen LogP contribution < -0.4 is 10.2 Å². The van der Waals surface area contributed by atoms with Gasteiger partial charge in [-0.15, -0.1) is 0 Å². The summed E-state index contributed by atoms with van der Waals surface area (Å²) in [5.74, 6) is 0.811. The molecule has 0 radical (unpaired) electrons. The summed E-state index contributed by atoms with van der Waals surface area (Å²) < 4.78 is 13.9. The largest absolute Gasteiger partial charge is 0.355 e. The molecular formula is C28H31FN4. The number of nitrogens with one attached hydrogen (secondary N) is 2. The van der Waals surface area contributed by atoms with Crippen molar-refractivity contribution in [1.29, 1.82) is 0 Å². The topological polar surface area (TPSA) is 44.0 Å². The van der Waals surface area contributed by atoms with E-state index >= 15 is 0 Å². The second-order valence-electron chi connectivity index (χ2n) is 9.05. The van der Waals surface area contributed by atoms with Gasteiger partial charge in [-0.05, 0) is 73.7 Å². The molecule has 4 nitrogen and oxygen atoms in total. The number of halogens is 1. The Morgan fingerprint density at radius 1 is 1.09 bits per heavy atom. The lowest BCUT2D eigenvalue weighted by atomic mass is 9.99. The van der Waals surface area contributed by atoms with E-state index in [4.69, 9.17) is 4.98 Å². The number of fused-ring (bicyclic) bond motifs is 2. The molecule has 2 aromatic heterocycles. The minimum absolute atomic E-state index is 0.00614. The first kappa shape index (κ1) is 21.7. The summed E-state index contributed by atoms with van der Waals surface area (Å²) >= 11 is 0. The zero-order valence-corrected chi connectivity index (χ0v) is 19.6. The zero-order chi connectivity index (χ0) is 22.9. The molecule has 170 valence electrons. The summed E-state index contributed by atoms with van der Waals surface area (Å²) in [6.07, 6.45) is 1.71. The molecule has 0 amide bonds. The van der Waals surface area contributed by atoms with Crippen LogP contribution in [0.5, 0.6) is 0 Å². The molecule has 0 saturated carbocycles. The maximum absolute atomic E-state index is 13.9. The lowest BCUT2D eigenvalue weighted by Gasteiger charge is -2.31. The van der Waals surface area contributed by atoms with Gasteiger partial charge in [0.05, 0.1) is 17.3 Å². The van der Waals surface area contributed by atoms with Crippen LogP contribution in [0, 0.1) is 19.7 Å². The molecule has 1 unspecified atom stereocenters. The second kappa shape index (κ2) is 8.99. The summed E-state index contributed by atoms with van der Waals surface area (Å²) in [7, 11) is 0. The number of aryl methyl sites for hydroxylation is 2. The van der Waals surface area contributed by atoms with Crippen LogP contribution in [-0.4, -0.2) is 23.1 Å². The third-order valence-electron chi connectivity index (χ3n) is 6.87. The number of aromatic amines is 1. The van der Waals surface area contributed by atoms with Gasteiger partial charge >= 0.3 is 0 Å². The molecule has 0 fully saturated rings. The van der Waals surface area contributed by atoms with Crippen molar-refractivity contribution in [1.82, 2.24) is 15.3 Å². The van der Waals surface area contributed by atoms with Crippen molar-refractivity contribution in [3.05, 3.63) is 94.1 Å². The van der Waals surface area contributed by atoms with Crippen molar-refractivity contribution in [2.75, 3.05) is 18.0 Å². The van der Waals surface area contributed by atoms with Crippen LogP contribution in [-0.2, 0) is 19.4 Å². The van der Waals surface area contributed by atoms with E-state index in [1.165, 1.54) is 33.8 Å². The molecule has 2 N–H and O–H groups in total. The fourth-order valence-corrected chi connectivity index (χ4v) is 4.96. The van der Waals surface area contributed by atoms with Crippen molar-refractivity contribution in [2.24, 2.45) is 0 Å². The molecule has 0 aliphatic carbocycles. The highest BCUT2D eigenvalue weighted by molar-refractivity contribution is 5.93. The molecule has 5 heteroatoms. The monoisotopic (exact) mass is 442 g/mol. The molecule has 4 aromatic rings. The fraction of sp³-hybridized carbons (Fsp3) is 0.321. The Balaban J connectivity index is 1.58. The molecule has 1 aliphatic rings. The normalized spacial score (nSPS) is 14.5. The first-order valence-corrected chi connectivity index (χ1v) is 11.8. The minimum atomic E-state index is -0.198. The number of aromatic nitrogens is 2. The Labute approximate surface area is 194 Å².